The van der Waals surface area contributed by atoms with Crippen LogP contribution in [0.2, 0.25) is 0 Å². The van der Waals surface area contributed by atoms with E-state index in [1.165, 1.54) is 0 Å². The van der Waals surface area contributed by atoms with Crippen molar-refractivity contribution in [3.05, 3.63) is 28.7 Å². The molecule has 0 aliphatic heterocycles. The minimum absolute atomic E-state index is 0. The predicted octanol–water partition coefficient (Wildman–Crippen LogP) is 2.49. The molecule has 0 aromatic heterocycles. The highest BCUT2D eigenvalue weighted by Gasteiger charge is 2.08. The number of benzene rings is 1. The van der Waals surface area contributed by atoms with Gasteiger partial charge in [0.25, 0.3) is 0 Å². The van der Waals surface area contributed by atoms with Gasteiger partial charge in [-0.1, -0.05) is 22.0 Å². The molecule has 0 fully saturated rings. The van der Waals surface area contributed by atoms with E-state index >= 15 is 0 Å². The normalized spacial score (nSPS) is 13.1. The zero-order valence-electron chi connectivity index (χ0n) is 11.1. The first-order chi connectivity index (χ1) is 8.47. The molecule has 0 heterocycles. The highest BCUT2D eigenvalue weighted by atomic mass is 79.9. The van der Waals surface area contributed by atoms with Gasteiger partial charge >= 0.3 is 0 Å². The molecule has 0 aliphatic carbocycles. The van der Waals surface area contributed by atoms with Crippen molar-refractivity contribution in [2.24, 2.45) is 5.73 Å². The minimum atomic E-state index is -0.119. The summed E-state index contributed by atoms with van der Waals surface area (Å²) in [6.07, 6.45) is 0.250. The van der Waals surface area contributed by atoms with Gasteiger partial charge in [-0.3, -0.25) is 4.79 Å². The molecule has 3 N–H and O–H groups in total. The fourth-order valence-electron chi connectivity index (χ4n) is 1.44. The maximum Gasteiger partial charge on any atom is 0.221 e. The van der Waals surface area contributed by atoms with Gasteiger partial charge in [-0.15, -0.1) is 12.4 Å². The van der Waals surface area contributed by atoms with Crippen molar-refractivity contribution in [3.63, 3.8) is 0 Å². The summed E-state index contributed by atoms with van der Waals surface area (Å²) in [7, 11) is 0. The molecule has 1 amide bonds. The summed E-state index contributed by atoms with van der Waals surface area (Å²) in [5.41, 5.74) is 5.54. The number of halogens is 2. The van der Waals surface area contributed by atoms with Crippen LogP contribution in [-0.4, -0.2) is 24.6 Å². The van der Waals surface area contributed by atoms with Gasteiger partial charge in [0, 0.05) is 16.9 Å². The van der Waals surface area contributed by atoms with E-state index in [4.69, 9.17) is 10.5 Å². The topological polar surface area (TPSA) is 64.4 Å². The van der Waals surface area contributed by atoms with Gasteiger partial charge < -0.3 is 15.8 Å². The van der Waals surface area contributed by atoms with Crippen molar-refractivity contribution in [1.29, 1.82) is 0 Å². The van der Waals surface area contributed by atoms with Crippen LogP contribution in [0.15, 0.2) is 28.7 Å². The van der Waals surface area contributed by atoms with Gasteiger partial charge in [0.05, 0.1) is 6.54 Å². The minimum Gasteiger partial charge on any atom is -0.489 e. The Morgan fingerprint density at radius 1 is 1.47 bits per heavy atom. The maximum absolute atomic E-state index is 11.4. The number of hydrogen-bond donors (Lipinski definition) is 2. The molecule has 19 heavy (non-hydrogen) atoms. The first kappa shape index (κ1) is 18.2. The lowest BCUT2D eigenvalue weighted by Gasteiger charge is -2.16. The SMILES string of the molecule is CC(N)CC(=O)NCC(C)Oc1cccc(Br)c1.Cl. The Bertz CT molecular complexity index is 402. The summed E-state index contributed by atoms with van der Waals surface area (Å²) >= 11 is 3.38. The van der Waals surface area contributed by atoms with Crippen molar-refractivity contribution >= 4 is 34.2 Å². The summed E-state index contributed by atoms with van der Waals surface area (Å²) in [6, 6.07) is 7.49. The Kier molecular flexibility index (Phi) is 8.80. The van der Waals surface area contributed by atoms with Gasteiger partial charge in [-0.25, -0.2) is 0 Å². The van der Waals surface area contributed by atoms with Crippen molar-refractivity contribution in [3.8, 4) is 5.75 Å². The third kappa shape index (κ3) is 8.08. The molecule has 6 heteroatoms. The van der Waals surface area contributed by atoms with E-state index in [1.807, 2.05) is 31.2 Å². The fraction of sp³-hybridized carbons (Fsp3) is 0.462. The molecule has 2 atom stereocenters. The first-order valence-corrected chi connectivity index (χ1v) is 6.71. The number of nitrogens with two attached hydrogens (primary N) is 1. The van der Waals surface area contributed by atoms with E-state index in [1.54, 1.807) is 6.92 Å². The second-order valence-corrected chi connectivity index (χ2v) is 5.29. The van der Waals surface area contributed by atoms with Crippen LogP contribution in [0.4, 0.5) is 0 Å². The van der Waals surface area contributed by atoms with Gasteiger partial charge in [0.1, 0.15) is 11.9 Å². The Morgan fingerprint density at radius 2 is 2.16 bits per heavy atom. The number of amides is 1. The lowest BCUT2D eigenvalue weighted by atomic mass is 10.2. The molecule has 0 radical (unpaired) electrons. The quantitative estimate of drug-likeness (QED) is 0.827. The average Bonchev–Trinajstić information content (AvgIpc) is 2.25. The lowest BCUT2D eigenvalue weighted by molar-refractivity contribution is -0.121. The molecule has 0 bridgehead atoms. The molecule has 0 saturated carbocycles. The second-order valence-electron chi connectivity index (χ2n) is 4.37. The summed E-state index contributed by atoms with van der Waals surface area (Å²) in [4.78, 5) is 11.4. The molecule has 2 unspecified atom stereocenters. The highest BCUT2D eigenvalue weighted by Crippen LogP contribution is 2.18. The maximum atomic E-state index is 11.4. The molecule has 0 spiro atoms. The van der Waals surface area contributed by atoms with Crippen LogP contribution >= 0.6 is 28.3 Å². The summed E-state index contributed by atoms with van der Waals surface area (Å²) < 4.78 is 6.64. The summed E-state index contributed by atoms with van der Waals surface area (Å²) in [5, 5.41) is 2.79. The Labute approximate surface area is 128 Å². The van der Waals surface area contributed by atoms with Crippen LogP contribution in [0.3, 0.4) is 0 Å². The predicted molar refractivity (Wildman–Crippen MR) is 82.8 cm³/mol. The zero-order valence-corrected chi connectivity index (χ0v) is 13.5. The van der Waals surface area contributed by atoms with Crippen LogP contribution in [0.1, 0.15) is 20.3 Å². The van der Waals surface area contributed by atoms with Crippen LogP contribution in [0, 0.1) is 0 Å². The Hall–Kier alpha value is -0.780. The monoisotopic (exact) mass is 350 g/mol. The van der Waals surface area contributed by atoms with E-state index in [2.05, 4.69) is 21.2 Å². The summed E-state index contributed by atoms with van der Waals surface area (Å²) in [5.74, 6) is 0.730. The smallest absolute Gasteiger partial charge is 0.221 e. The van der Waals surface area contributed by atoms with Crippen LogP contribution in [-0.2, 0) is 4.79 Å². The molecule has 1 rings (SSSR count). The number of rotatable bonds is 6. The lowest BCUT2D eigenvalue weighted by Crippen LogP contribution is -2.36. The second kappa shape index (κ2) is 9.18. The van der Waals surface area contributed by atoms with E-state index in [9.17, 15) is 4.79 Å². The average molecular weight is 352 g/mol. The van der Waals surface area contributed by atoms with Crippen LogP contribution in [0.25, 0.3) is 0 Å². The van der Waals surface area contributed by atoms with Crippen molar-refractivity contribution in [2.45, 2.75) is 32.4 Å². The van der Waals surface area contributed by atoms with Gasteiger partial charge in [-0.2, -0.15) is 0 Å². The number of carbonyl (C=O) groups excluding carboxylic acids is 1. The van der Waals surface area contributed by atoms with Crippen molar-refractivity contribution in [2.75, 3.05) is 6.54 Å². The van der Waals surface area contributed by atoms with Gasteiger partial charge in [0.2, 0.25) is 5.91 Å². The molecule has 0 aliphatic rings. The van der Waals surface area contributed by atoms with Gasteiger partial charge in [0.15, 0.2) is 0 Å². The largest absolute Gasteiger partial charge is 0.489 e. The molecular formula is C13H20BrClN2O2. The number of ether oxygens (including phenoxy) is 1. The third-order valence-electron chi connectivity index (χ3n) is 2.23. The van der Waals surface area contributed by atoms with Gasteiger partial charge in [-0.05, 0) is 32.0 Å². The molecule has 0 saturated heterocycles. The molecular weight excluding hydrogens is 332 g/mol. The molecule has 4 nitrogen and oxygen atoms in total. The fourth-order valence-corrected chi connectivity index (χ4v) is 1.81. The number of nitrogens with one attached hydrogen (secondary N) is 1. The Morgan fingerprint density at radius 3 is 2.74 bits per heavy atom. The molecule has 1 aromatic carbocycles. The standard InChI is InChI=1S/C13H19BrN2O2.ClH/c1-9(15)6-13(17)16-8-10(2)18-12-5-3-4-11(14)7-12;/h3-5,7,9-10H,6,8,15H2,1-2H3,(H,16,17);1H. The summed E-state index contributed by atoms with van der Waals surface area (Å²) in [6.45, 7) is 4.19. The first-order valence-electron chi connectivity index (χ1n) is 5.92. The highest BCUT2D eigenvalue weighted by molar-refractivity contribution is 9.10. The van der Waals surface area contributed by atoms with Crippen LogP contribution < -0.4 is 15.8 Å². The molecule has 108 valence electrons. The number of hydrogen-bond acceptors (Lipinski definition) is 3. The van der Waals surface area contributed by atoms with E-state index < -0.39 is 0 Å². The zero-order chi connectivity index (χ0) is 13.5. The number of carbonyl (C=O) groups is 1. The van der Waals surface area contributed by atoms with Crippen molar-refractivity contribution in [1.82, 2.24) is 5.32 Å². The Balaban J connectivity index is 0.00000324. The van der Waals surface area contributed by atoms with Crippen molar-refractivity contribution < 1.29 is 9.53 Å². The van der Waals surface area contributed by atoms with Crippen LogP contribution in [0.5, 0.6) is 5.75 Å². The van der Waals surface area contributed by atoms with E-state index in [0.29, 0.717) is 13.0 Å². The van der Waals surface area contributed by atoms with E-state index in [0.717, 1.165) is 10.2 Å². The molecule has 1 aromatic rings. The van der Waals surface area contributed by atoms with E-state index in [-0.39, 0.29) is 30.5 Å². The third-order valence-corrected chi connectivity index (χ3v) is 2.72.